The van der Waals surface area contributed by atoms with Gasteiger partial charge in [-0.3, -0.25) is 4.79 Å². The molecule has 0 aliphatic carbocycles. The maximum atomic E-state index is 12.2. The third-order valence-corrected chi connectivity index (χ3v) is 3.97. The standard InChI is InChI=1S/C21H24ClNO3/c1-5-25-18-9-7-16(13-19(18)26-6-2)8-10-20(24)23-21-15(4)11-14(3)12-17(21)22/h7-13H,5-6H2,1-4H3,(H,23,24). The Balaban J connectivity index is 2.14. The molecule has 0 unspecified atom stereocenters. The zero-order valence-electron chi connectivity index (χ0n) is 15.6. The molecule has 138 valence electrons. The molecule has 5 heteroatoms. The van der Waals surface area contributed by atoms with Crippen LogP contribution < -0.4 is 14.8 Å². The van der Waals surface area contributed by atoms with Crippen LogP contribution in [-0.4, -0.2) is 19.1 Å². The summed E-state index contributed by atoms with van der Waals surface area (Å²) in [6, 6.07) is 9.37. The highest BCUT2D eigenvalue weighted by Gasteiger charge is 2.08. The Morgan fingerprint density at radius 2 is 1.77 bits per heavy atom. The summed E-state index contributed by atoms with van der Waals surface area (Å²) in [5, 5.41) is 3.37. The number of carbonyl (C=O) groups is 1. The van der Waals surface area contributed by atoms with Gasteiger partial charge in [0, 0.05) is 6.08 Å². The van der Waals surface area contributed by atoms with Crippen molar-refractivity contribution in [2.75, 3.05) is 18.5 Å². The Hall–Kier alpha value is -2.46. The van der Waals surface area contributed by atoms with Gasteiger partial charge in [-0.25, -0.2) is 0 Å². The number of carbonyl (C=O) groups excluding carboxylic acids is 1. The molecule has 0 aromatic heterocycles. The Labute approximate surface area is 159 Å². The molecule has 2 aromatic rings. The lowest BCUT2D eigenvalue weighted by Gasteiger charge is -2.11. The van der Waals surface area contributed by atoms with Crippen molar-refractivity contribution < 1.29 is 14.3 Å². The molecule has 0 aliphatic heterocycles. The van der Waals surface area contributed by atoms with E-state index in [2.05, 4.69) is 5.32 Å². The van der Waals surface area contributed by atoms with Gasteiger partial charge in [-0.2, -0.15) is 0 Å². The van der Waals surface area contributed by atoms with Gasteiger partial charge in [0.25, 0.3) is 0 Å². The second kappa shape index (κ2) is 9.30. The fraction of sp³-hybridized carbons (Fsp3) is 0.286. The molecular formula is C21H24ClNO3. The number of benzene rings is 2. The van der Waals surface area contributed by atoms with Crippen LogP contribution in [0, 0.1) is 13.8 Å². The summed E-state index contributed by atoms with van der Waals surface area (Å²) in [6.45, 7) is 8.82. The maximum absolute atomic E-state index is 12.2. The first-order valence-corrected chi connectivity index (χ1v) is 8.97. The second-order valence-electron chi connectivity index (χ2n) is 5.83. The molecule has 0 saturated heterocycles. The molecule has 26 heavy (non-hydrogen) atoms. The Kier molecular flexibility index (Phi) is 7.10. The predicted molar refractivity (Wildman–Crippen MR) is 107 cm³/mol. The predicted octanol–water partition coefficient (Wildman–Crippen LogP) is 5.41. The highest BCUT2D eigenvalue weighted by Crippen LogP contribution is 2.29. The van der Waals surface area contributed by atoms with Crippen LogP contribution in [0.25, 0.3) is 6.08 Å². The molecular weight excluding hydrogens is 350 g/mol. The van der Waals surface area contributed by atoms with E-state index in [4.69, 9.17) is 21.1 Å². The minimum absolute atomic E-state index is 0.245. The fourth-order valence-electron chi connectivity index (χ4n) is 2.58. The van der Waals surface area contributed by atoms with E-state index >= 15 is 0 Å². The molecule has 2 aromatic carbocycles. The first kappa shape index (κ1) is 19.9. The first-order chi connectivity index (χ1) is 12.4. The molecule has 1 N–H and O–H groups in total. The maximum Gasteiger partial charge on any atom is 0.248 e. The fourth-order valence-corrected chi connectivity index (χ4v) is 2.95. The summed E-state index contributed by atoms with van der Waals surface area (Å²) in [4.78, 5) is 12.2. The van der Waals surface area contributed by atoms with E-state index in [0.717, 1.165) is 16.7 Å². The van der Waals surface area contributed by atoms with Crippen molar-refractivity contribution in [1.82, 2.24) is 0 Å². The van der Waals surface area contributed by atoms with Crippen molar-refractivity contribution in [3.63, 3.8) is 0 Å². The van der Waals surface area contributed by atoms with Gasteiger partial charge in [0.15, 0.2) is 11.5 Å². The van der Waals surface area contributed by atoms with Crippen molar-refractivity contribution in [2.45, 2.75) is 27.7 Å². The molecule has 0 fully saturated rings. The van der Waals surface area contributed by atoms with E-state index in [1.807, 2.05) is 58.0 Å². The Morgan fingerprint density at radius 3 is 2.42 bits per heavy atom. The van der Waals surface area contributed by atoms with Gasteiger partial charge in [-0.15, -0.1) is 0 Å². The van der Waals surface area contributed by atoms with E-state index in [-0.39, 0.29) is 5.91 Å². The van der Waals surface area contributed by atoms with Gasteiger partial charge in [-0.05, 0) is 68.7 Å². The van der Waals surface area contributed by atoms with E-state index in [0.29, 0.717) is 35.4 Å². The summed E-state index contributed by atoms with van der Waals surface area (Å²) in [7, 11) is 0. The SMILES string of the molecule is CCOc1ccc(C=CC(=O)Nc2c(C)cc(C)cc2Cl)cc1OCC. The van der Waals surface area contributed by atoms with Crippen LogP contribution in [0.5, 0.6) is 11.5 Å². The smallest absolute Gasteiger partial charge is 0.248 e. The van der Waals surface area contributed by atoms with Gasteiger partial charge in [0.2, 0.25) is 5.91 Å². The number of anilines is 1. The number of ether oxygens (including phenoxy) is 2. The number of amides is 1. The lowest BCUT2D eigenvalue weighted by molar-refractivity contribution is -0.111. The van der Waals surface area contributed by atoms with Gasteiger partial charge >= 0.3 is 0 Å². The third-order valence-electron chi connectivity index (χ3n) is 3.67. The molecule has 4 nitrogen and oxygen atoms in total. The number of hydrogen-bond acceptors (Lipinski definition) is 3. The summed E-state index contributed by atoms with van der Waals surface area (Å²) >= 11 is 6.23. The molecule has 0 saturated carbocycles. The normalized spacial score (nSPS) is 10.8. The average molecular weight is 374 g/mol. The van der Waals surface area contributed by atoms with Gasteiger partial charge < -0.3 is 14.8 Å². The molecule has 0 spiro atoms. The average Bonchev–Trinajstić information content (AvgIpc) is 2.58. The molecule has 1 amide bonds. The Morgan fingerprint density at radius 1 is 1.08 bits per heavy atom. The minimum atomic E-state index is -0.245. The van der Waals surface area contributed by atoms with Gasteiger partial charge in [-0.1, -0.05) is 23.7 Å². The summed E-state index contributed by atoms with van der Waals surface area (Å²) < 4.78 is 11.1. The molecule has 0 aliphatic rings. The van der Waals surface area contributed by atoms with Crippen molar-refractivity contribution in [2.24, 2.45) is 0 Å². The van der Waals surface area contributed by atoms with Crippen LogP contribution in [0.3, 0.4) is 0 Å². The quantitative estimate of drug-likeness (QED) is 0.660. The lowest BCUT2D eigenvalue weighted by Crippen LogP contribution is -2.09. The zero-order valence-corrected chi connectivity index (χ0v) is 16.3. The molecule has 0 atom stereocenters. The molecule has 0 bridgehead atoms. The van der Waals surface area contributed by atoms with Crippen molar-refractivity contribution in [3.8, 4) is 11.5 Å². The van der Waals surface area contributed by atoms with Crippen LogP contribution in [0.15, 0.2) is 36.4 Å². The number of hydrogen-bond donors (Lipinski definition) is 1. The summed E-state index contributed by atoms with van der Waals surface area (Å²) in [5.74, 6) is 1.11. The third kappa shape index (κ3) is 5.27. The Bertz CT molecular complexity index is 792. The van der Waals surface area contributed by atoms with Crippen molar-refractivity contribution in [3.05, 3.63) is 58.1 Å². The topological polar surface area (TPSA) is 47.6 Å². The zero-order chi connectivity index (χ0) is 19.1. The van der Waals surface area contributed by atoms with Crippen LogP contribution in [0.4, 0.5) is 5.69 Å². The first-order valence-electron chi connectivity index (χ1n) is 8.60. The lowest BCUT2D eigenvalue weighted by atomic mass is 10.1. The van der Waals surface area contributed by atoms with Crippen LogP contribution >= 0.6 is 11.6 Å². The van der Waals surface area contributed by atoms with E-state index in [1.165, 1.54) is 6.08 Å². The minimum Gasteiger partial charge on any atom is -0.490 e. The van der Waals surface area contributed by atoms with Crippen molar-refractivity contribution in [1.29, 1.82) is 0 Å². The number of aryl methyl sites for hydroxylation is 2. The largest absolute Gasteiger partial charge is 0.490 e. The highest BCUT2D eigenvalue weighted by molar-refractivity contribution is 6.34. The van der Waals surface area contributed by atoms with Crippen LogP contribution in [0.1, 0.15) is 30.5 Å². The van der Waals surface area contributed by atoms with Gasteiger partial charge in [0.1, 0.15) is 0 Å². The summed E-state index contributed by atoms with van der Waals surface area (Å²) in [5.41, 5.74) is 3.46. The highest BCUT2D eigenvalue weighted by atomic mass is 35.5. The van der Waals surface area contributed by atoms with E-state index < -0.39 is 0 Å². The number of halogens is 1. The van der Waals surface area contributed by atoms with Crippen LogP contribution in [-0.2, 0) is 4.79 Å². The molecule has 0 heterocycles. The van der Waals surface area contributed by atoms with E-state index in [9.17, 15) is 4.79 Å². The van der Waals surface area contributed by atoms with Gasteiger partial charge in [0.05, 0.1) is 23.9 Å². The van der Waals surface area contributed by atoms with E-state index in [1.54, 1.807) is 6.08 Å². The second-order valence-corrected chi connectivity index (χ2v) is 6.24. The number of nitrogens with one attached hydrogen (secondary N) is 1. The van der Waals surface area contributed by atoms with Crippen molar-refractivity contribution >= 4 is 29.3 Å². The molecule has 2 rings (SSSR count). The summed E-state index contributed by atoms with van der Waals surface area (Å²) in [6.07, 6.45) is 3.20. The van der Waals surface area contributed by atoms with Crippen LogP contribution in [0.2, 0.25) is 5.02 Å². The number of rotatable bonds is 7. The molecule has 0 radical (unpaired) electrons. The monoisotopic (exact) mass is 373 g/mol.